The Morgan fingerprint density at radius 2 is 1.97 bits per heavy atom. The second kappa shape index (κ2) is 8.75. The average molecular weight is 477 g/mol. The van der Waals surface area contributed by atoms with Crippen molar-refractivity contribution in [3.8, 4) is 5.69 Å². The molecule has 4 aromatic rings. The zero-order valence-corrected chi connectivity index (χ0v) is 21.1. The lowest BCUT2D eigenvalue weighted by Crippen LogP contribution is -2.34. The molecule has 0 saturated heterocycles. The van der Waals surface area contributed by atoms with Gasteiger partial charge in [-0.3, -0.25) is 9.36 Å². The summed E-state index contributed by atoms with van der Waals surface area (Å²) in [5.74, 6) is 0.763. The van der Waals surface area contributed by atoms with Crippen LogP contribution in [0.4, 0.5) is 0 Å². The van der Waals surface area contributed by atoms with Gasteiger partial charge in [0.1, 0.15) is 4.83 Å². The second-order valence-electron chi connectivity index (χ2n) is 9.04. The summed E-state index contributed by atoms with van der Waals surface area (Å²) >= 11 is 3.23. The summed E-state index contributed by atoms with van der Waals surface area (Å²) in [6.07, 6.45) is 1.66. The SMILES string of the molecule is CC[C@@]1(C)Cc2c(sc3nc(SCc4ccc(C)cc4C)n(-c4ccccc4)c(=O)c23)CO1. The summed E-state index contributed by atoms with van der Waals surface area (Å²) in [6.45, 7) is 9.08. The van der Waals surface area contributed by atoms with Crippen LogP contribution in [0.2, 0.25) is 0 Å². The highest BCUT2D eigenvalue weighted by Crippen LogP contribution is 2.39. The van der Waals surface area contributed by atoms with Crippen LogP contribution in [0.25, 0.3) is 15.9 Å². The van der Waals surface area contributed by atoms with Crippen molar-refractivity contribution in [2.75, 3.05) is 0 Å². The van der Waals surface area contributed by atoms with Crippen molar-refractivity contribution in [2.45, 2.75) is 63.7 Å². The molecule has 0 N–H and O–H groups in total. The van der Waals surface area contributed by atoms with Crippen molar-refractivity contribution in [2.24, 2.45) is 0 Å². The molecule has 0 radical (unpaired) electrons. The van der Waals surface area contributed by atoms with Crippen molar-refractivity contribution >= 4 is 33.3 Å². The second-order valence-corrected chi connectivity index (χ2v) is 11.1. The number of hydrogen-bond donors (Lipinski definition) is 0. The van der Waals surface area contributed by atoms with Gasteiger partial charge in [-0.25, -0.2) is 4.98 Å². The number of thioether (sulfide) groups is 1. The first-order valence-electron chi connectivity index (χ1n) is 11.3. The molecule has 0 spiro atoms. The number of thiophene rings is 1. The molecule has 0 unspecified atom stereocenters. The Morgan fingerprint density at radius 3 is 2.70 bits per heavy atom. The van der Waals surface area contributed by atoms with Gasteiger partial charge in [-0.2, -0.15) is 0 Å². The number of benzene rings is 2. The number of para-hydroxylation sites is 1. The lowest BCUT2D eigenvalue weighted by Gasteiger charge is -2.32. The van der Waals surface area contributed by atoms with E-state index in [0.29, 0.717) is 6.61 Å². The molecule has 0 saturated carbocycles. The largest absolute Gasteiger partial charge is 0.369 e. The van der Waals surface area contributed by atoms with Crippen LogP contribution in [0.15, 0.2) is 58.5 Å². The van der Waals surface area contributed by atoms with Crippen LogP contribution in [-0.2, 0) is 23.5 Å². The van der Waals surface area contributed by atoms with E-state index in [4.69, 9.17) is 9.72 Å². The van der Waals surface area contributed by atoms with Crippen LogP contribution in [0.3, 0.4) is 0 Å². The van der Waals surface area contributed by atoms with E-state index in [1.165, 1.54) is 16.7 Å². The minimum absolute atomic E-state index is 0.0205. The summed E-state index contributed by atoms with van der Waals surface area (Å²) in [6, 6.07) is 16.4. The first-order valence-corrected chi connectivity index (χ1v) is 13.1. The Balaban J connectivity index is 1.65. The summed E-state index contributed by atoms with van der Waals surface area (Å²) < 4.78 is 7.95. The maximum atomic E-state index is 14.0. The van der Waals surface area contributed by atoms with E-state index in [-0.39, 0.29) is 11.2 Å². The quantitative estimate of drug-likeness (QED) is 0.240. The summed E-state index contributed by atoms with van der Waals surface area (Å²) in [5, 5.41) is 1.49. The fourth-order valence-electron chi connectivity index (χ4n) is 4.38. The van der Waals surface area contributed by atoms with Crippen molar-refractivity contribution in [1.29, 1.82) is 0 Å². The van der Waals surface area contributed by atoms with Crippen LogP contribution in [0, 0.1) is 13.8 Å². The zero-order chi connectivity index (χ0) is 23.2. The van der Waals surface area contributed by atoms with E-state index in [1.54, 1.807) is 27.7 Å². The highest BCUT2D eigenvalue weighted by molar-refractivity contribution is 7.98. The molecule has 170 valence electrons. The number of rotatable bonds is 5. The van der Waals surface area contributed by atoms with Gasteiger partial charge < -0.3 is 4.74 Å². The van der Waals surface area contributed by atoms with Crippen LogP contribution < -0.4 is 5.56 Å². The Morgan fingerprint density at radius 1 is 1.18 bits per heavy atom. The highest BCUT2D eigenvalue weighted by Gasteiger charge is 2.33. The average Bonchev–Trinajstić information content (AvgIpc) is 3.16. The van der Waals surface area contributed by atoms with Crippen molar-refractivity contribution in [1.82, 2.24) is 9.55 Å². The van der Waals surface area contributed by atoms with E-state index in [0.717, 1.165) is 50.1 Å². The number of ether oxygens (including phenoxy) is 1. The molecule has 0 aliphatic carbocycles. The number of hydrogen-bond acceptors (Lipinski definition) is 5. The van der Waals surface area contributed by atoms with Gasteiger partial charge in [0.25, 0.3) is 5.56 Å². The van der Waals surface area contributed by atoms with E-state index in [9.17, 15) is 4.79 Å². The molecule has 1 aliphatic rings. The number of nitrogens with zero attached hydrogens (tertiary/aromatic N) is 2. The normalized spacial score (nSPS) is 17.9. The zero-order valence-electron chi connectivity index (χ0n) is 19.5. The third-order valence-electron chi connectivity index (χ3n) is 6.60. The van der Waals surface area contributed by atoms with Crippen molar-refractivity contribution in [3.05, 3.63) is 86.0 Å². The van der Waals surface area contributed by atoms with Gasteiger partial charge in [0.2, 0.25) is 0 Å². The van der Waals surface area contributed by atoms with Crippen molar-refractivity contribution in [3.63, 3.8) is 0 Å². The predicted molar refractivity (Wildman–Crippen MR) is 138 cm³/mol. The van der Waals surface area contributed by atoms with Crippen LogP contribution in [0.5, 0.6) is 0 Å². The molecule has 2 aromatic carbocycles. The molecule has 0 bridgehead atoms. The molecule has 0 fully saturated rings. The molecule has 33 heavy (non-hydrogen) atoms. The molecule has 1 atom stereocenters. The summed E-state index contributed by atoms with van der Waals surface area (Å²) in [5.41, 5.74) is 5.54. The Kier molecular flexibility index (Phi) is 5.93. The molecule has 3 heterocycles. The minimum atomic E-state index is -0.235. The molecule has 6 heteroatoms. The molecule has 4 nitrogen and oxygen atoms in total. The number of aromatic nitrogens is 2. The fraction of sp³-hybridized carbons (Fsp3) is 0.333. The third-order valence-corrected chi connectivity index (χ3v) is 8.68. The van der Waals surface area contributed by atoms with Crippen LogP contribution >= 0.6 is 23.1 Å². The van der Waals surface area contributed by atoms with Gasteiger partial charge in [-0.15, -0.1) is 11.3 Å². The van der Waals surface area contributed by atoms with Crippen LogP contribution in [-0.4, -0.2) is 15.2 Å². The van der Waals surface area contributed by atoms with Crippen LogP contribution in [0.1, 0.15) is 47.4 Å². The summed E-state index contributed by atoms with van der Waals surface area (Å²) in [7, 11) is 0. The molecular weight excluding hydrogens is 448 g/mol. The third kappa shape index (κ3) is 4.16. The monoisotopic (exact) mass is 476 g/mol. The van der Waals surface area contributed by atoms with Gasteiger partial charge in [0.15, 0.2) is 5.16 Å². The van der Waals surface area contributed by atoms with E-state index in [2.05, 4.69) is 45.9 Å². The topological polar surface area (TPSA) is 44.1 Å². The Bertz CT molecular complexity index is 1390. The number of aryl methyl sites for hydroxylation is 2. The number of fused-ring (bicyclic) bond motifs is 3. The molecule has 1 aliphatic heterocycles. The van der Waals surface area contributed by atoms with Gasteiger partial charge in [0.05, 0.1) is 23.3 Å². The lowest BCUT2D eigenvalue weighted by molar-refractivity contribution is -0.0543. The molecular formula is C27H28N2O2S2. The molecule has 0 amide bonds. The molecule has 5 rings (SSSR count). The smallest absolute Gasteiger partial charge is 0.267 e. The first kappa shape index (κ1) is 22.4. The fourth-order valence-corrected chi connectivity index (χ4v) is 6.61. The highest BCUT2D eigenvalue weighted by atomic mass is 32.2. The first-order chi connectivity index (χ1) is 15.9. The Labute approximate surface area is 202 Å². The van der Waals surface area contributed by atoms with Crippen molar-refractivity contribution < 1.29 is 4.74 Å². The van der Waals surface area contributed by atoms with Gasteiger partial charge in [-0.1, -0.05) is 60.6 Å². The maximum absolute atomic E-state index is 14.0. The minimum Gasteiger partial charge on any atom is -0.369 e. The maximum Gasteiger partial charge on any atom is 0.267 e. The van der Waals surface area contributed by atoms with E-state index < -0.39 is 0 Å². The summed E-state index contributed by atoms with van der Waals surface area (Å²) in [4.78, 5) is 21.0. The molecule has 2 aromatic heterocycles. The Hall–Kier alpha value is -2.41. The van der Waals surface area contributed by atoms with Gasteiger partial charge >= 0.3 is 0 Å². The van der Waals surface area contributed by atoms with Gasteiger partial charge in [-0.05, 0) is 56.0 Å². The van der Waals surface area contributed by atoms with Gasteiger partial charge in [0, 0.05) is 17.1 Å². The standard InChI is InChI=1S/C27H28N2O2S2/c1-5-27(4)14-21-22(15-31-27)33-24-23(21)25(30)29(20-9-7-6-8-10-20)26(28-24)32-16-19-12-11-17(2)13-18(19)3/h6-13H,5,14-16H2,1-4H3/t27-/m0/s1. The lowest BCUT2D eigenvalue weighted by atomic mass is 9.90. The predicted octanol–water partition coefficient (Wildman–Crippen LogP) is 6.60. The van der Waals surface area contributed by atoms with E-state index >= 15 is 0 Å². The van der Waals surface area contributed by atoms with E-state index in [1.807, 2.05) is 30.3 Å².